The second kappa shape index (κ2) is 10.9. The summed E-state index contributed by atoms with van der Waals surface area (Å²) in [6.45, 7) is 6.37. The Morgan fingerprint density at radius 3 is 2.71 bits per heavy atom. The third kappa shape index (κ3) is 5.13. The quantitative estimate of drug-likeness (QED) is 0.437. The van der Waals surface area contributed by atoms with E-state index in [4.69, 9.17) is 9.72 Å². The number of amides is 1. The molecule has 180 valence electrons. The van der Waals surface area contributed by atoms with Gasteiger partial charge in [0.25, 0.3) is 0 Å². The Kier molecular flexibility index (Phi) is 7.46. The first-order chi connectivity index (χ1) is 16.7. The highest BCUT2D eigenvalue weighted by Gasteiger charge is 2.25. The van der Waals surface area contributed by atoms with Gasteiger partial charge in [0.1, 0.15) is 0 Å². The van der Waals surface area contributed by atoms with Crippen LogP contribution in [0.1, 0.15) is 35.9 Å². The van der Waals surface area contributed by atoms with E-state index in [1.54, 1.807) is 11.3 Å². The predicted octanol–water partition coefficient (Wildman–Crippen LogP) is 3.80. The molecule has 1 aliphatic carbocycles. The number of thioether (sulfide) groups is 1. The first-order valence-corrected chi connectivity index (χ1v) is 13.7. The Morgan fingerprint density at radius 2 is 1.94 bits per heavy atom. The number of carbonyl (C=O) groups excluding carboxylic acids is 1. The molecule has 0 spiro atoms. The Morgan fingerprint density at radius 1 is 1.15 bits per heavy atom. The zero-order chi connectivity index (χ0) is 23.3. The van der Waals surface area contributed by atoms with Crippen LogP contribution in [-0.4, -0.2) is 57.7 Å². The molecule has 0 atom stereocenters. The number of carbonyl (C=O) groups is 1. The van der Waals surface area contributed by atoms with Gasteiger partial charge in [-0.15, -0.1) is 21.5 Å². The minimum atomic E-state index is 0.0403. The van der Waals surface area contributed by atoms with E-state index in [1.165, 1.54) is 35.2 Å². The summed E-state index contributed by atoms with van der Waals surface area (Å²) in [7, 11) is 0. The molecule has 2 aromatic heterocycles. The van der Waals surface area contributed by atoms with Gasteiger partial charge in [-0.3, -0.25) is 14.3 Å². The normalized spacial score (nSPS) is 15.9. The number of hydrogen-bond donors (Lipinski definition) is 0. The lowest BCUT2D eigenvalue weighted by Crippen LogP contribution is -2.38. The summed E-state index contributed by atoms with van der Waals surface area (Å²) < 4.78 is 7.56. The van der Waals surface area contributed by atoms with Crippen molar-refractivity contribution in [3.05, 3.63) is 46.5 Å². The van der Waals surface area contributed by atoms with E-state index in [-0.39, 0.29) is 5.91 Å². The highest BCUT2D eigenvalue weighted by atomic mass is 32.2. The number of hydrogen-bond acceptors (Lipinski definition) is 8. The molecule has 10 heteroatoms. The van der Waals surface area contributed by atoms with Crippen molar-refractivity contribution in [2.45, 2.75) is 50.9 Å². The number of anilines is 2. The molecule has 0 unspecified atom stereocenters. The van der Waals surface area contributed by atoms with E-state index in [9.17, 15) is 4.79 Å². The summed E-state index contributed by atoms with van der Waals surface area (Å²) in [5, 5.41) is 10.4. The molecular formula is C24H30N6O2S2. The molecule has 2 aliphatic rings. The van der Waals surface area contributed by atoms with Crippen LogP contribution < -0.4 is 9.80 Å². The van der Waals surface area contributed by atoms with Gasteiger partial charge >= 0.3 is 0 Å². The Bertz CT molecular complexity index is 1090. The van der Waals surface area contributed by atoms with Crippen molar-refractivity contribution in [3.63, 3.8) is 0 Å². The van der Waals surface area contributed by atoms with Gasteiger partial charge in [0, 0.05) is 24.5 Å². The van der Waals surface area contributed by atoms with Crippen LogP contribution >= 0.6 is 23.1 Å². The third-order valence-corrected chi connectivity index (χ3v) is 8.31. The number of aromatic nitrogens is 4. The summed E-state index contributed by atoms with van der Waals surface area (Å²) in [5.41, 5.74) is 2.27. The fourth-order valence-corrected chi connectivity index (χ4v) is 6.39. The smallest absolute Gasteiger partial charge is 0.239 e. The summed E-state index contributed by atoms with van der Waals surface area (Å²) in [6, 6.07) is 10.1. The number of ether oxygens (including phenoxy) is 1. The van der Waals surface area contributed by atoms with E-state index in [1.807, 2.05) is 23.1 Å². The van der Waals surface area contributed by atoms with E-state index in [0.29, 0.717) is 25.5 Å². The molecule has 3 aromatic rings. The SMILES string of the molecule is CCn1c(SCC(=O)N(Cc2ccccc2)c2nc3c(s2)CCCC3)nnc1N1CCOCC1. The van der Waals surface area contributed by atoms with Crippen LogP contribution in [0.3, 0.4) is 0 Å². The summed E-state index contributed by atoms with van der Waals surface area (Å²) in [6.07, 6.45) is 4.46. The largest absolute Gasteiger partial charge is 0.378 e. The fourth-order valence-electron chi connectivity index (χ4n) is 4.35. The van der Waals surface area contributed by atoms with Crippen LogP contribution in [0.15, 0.2) is 35.5 Å². The molecule has 5 rings (SSSR count). The maximum absolute atomic E-state index is 13.5. The van der Waals surface area contributed by atoms with Crippen molar-refractivity contribution in [1.82, 2.24) is 19.7 Å². The van der Waals surface area contributed by atoms with Crippen LogP contribution in [0.25, 0.3) is 0 Å². The molecule has 1 aliphatic heterocycles. The maximum Gasteiger partial charge on any atom is 0.239 e. The van der Waals surface area contributed by atoms with Crippen molar-refractivity contribution in [2.24, 2.45) is 0 Å². The molecule has 0 N–H and O–H groups in total. The zero-order valence-corrected chi connectivity index (χ0v) is 21.1. The second-order valence-corrected chi connectivity index (χ2v) is 10.5. The van der Waals surface area contributed by atoms with Gasteiger partial charge in [-0.1, -0.05) is 42.1 Å². The van der Waals surface area contributed by atoms with Crippen molar-refractivity contribution < 1.29 is 9.53 Å². The third-order valence-electron chi connectivity index (χ3n) is 6.18. The number of thiazole rings is 1. The summed E-state index contributed by atoms with van der Waals surface area (Å²) >= 11 is 3.13. The topological polar surface area (TPSA) is 76.4 Å². The van der Waals surface area contributed by atoms with Crippen LogP contribution in [0.2, 0.25) is 0 Å². The lowest BCUT2D eigenvalue weighted by molar-refractivity contribution is -0.116. The Balaban J connectivity index is 1.33. The Labute approximate surface area is 208 Å². The highest BCUT2D eigenvalue weighted by molar-refractivity contribution is 7.99. The molecule has 0 saturated carbocycles. The molecule has 1 aromatic carbocycles. The number of benzene rings is 1. The number of morpholine rings is 1. The van der Waals surface area contributed by atoms with Crippen molar-refractivity contribution >= 4 is 40.1 Å². The molecule has 0 radical (unpaired) electrons. The molecule has 0 bridgehead atoms. The van der Waals surface area contributed by atoms with Crippen LogP contribution in [-0.2, 0) is 35.5 Å². The lowest BCUT2D eigenvalue weighted by Gasteiger charge is -2.27. The van der Waals surface area contributed by atoms with Crippen LogP contribution in [0, 0.1) is 0 Å². The average Bonchev–Trinajstić information content (AvgIpc) is 3.50. The Hall–Kier alpha value is -2.43. The highest BCUT2D eigenvalue weighted by Crippen LogP contribution is 2.33. The van der Waals surface area contributed by atoms with Crippen molar-refractivity contribution in [2.75, 3.05) is 41.9 Å². The van der Waals surface area contributed by atoms with Gasteiger partial charge in [-0.05, 0) is 38.2 Å². The van der Waals surface area contributed by atoms with Crippen LogP contribution in [0.4, 0.5) is 11.1 Å². The van der Waals surface area contributed by atoms with E-state index in [0.717, 1.165) is 54.3 Å². The molecule has 8 nitrogen and oxygen atoms in total. The molecule has 1 amide bonds. The van der Waals surface area contributed by atoms with Gasteiger partial charge in [-0.2, -0.15) is 0 Å². The average molecular weight is 499 g/mol. The monoisotopic (exact) mass is 498 g/mol. The zero-order valence-electron chi connectivity index (χ0n) is 19.5. The van der Waals surface area contributed by atoms with E-state index >= 15 is 0 Å². The minimum Gasteiger partial charge on any atom is -0.378 e. The van der Waals surface area contributed by atoms with Crippen molar-refractivity contribution in [3.8, 4) is 0 Å². The number of aryl methyl sites for hydroxylation is 2. The fraction of sp³-hybridized carbons (Fsp3) is 0.500. The predicted molar refractivity (Wildman–Crippen MR) is 136 cm³/mol. The summed E-state index contributed by atoms with van der Waals surface area (Å²) in [4.78, 5) is 23.8. The van der Waals surface area contributed by atoms with Gasteiger partial charge in [-0.25, -0.2) is 4.98 Å². The second-order valence-electron chi connectivity index (χ2n) is 8.45. The van der Waals surface area contributed by atoms with E-state index in [2.05, 4.69) is 38.7 Å². The van der Waals surface area contributed by atoms with Gasteiger partial charge in [0.05, 0.1) is 31.2 Å². The maximum atomic E-state index is 13.5. The van der Waals surface area contributed by atoms with Crippen molar-refractivity contribution in [1.29, 1.82) is 0 Å². The lowest BCUT2D eigenvalue weighted by atomic mass is 10.0. The van der Waals surface area contributed by atoms with Gasteiger partial charge in [0.15, 0.2) is 10.3 Å². The summed E-state index contributed by atoms with van der Waals surface area (Å²) in [5.74, 6) is 1.19. The van der Waals surface area contributed by atoms with Gasteiger partial charge in [0.2, 0.25) is 11.9 Å². The number of rotatable bonds is 8. The van der Waals surface area contributed by atoms with E-state index < -0.39 is 0 Å². The number of nitrogens with zero attached hydrogens (tertiary/aromatic N) is 6. The standard InChI is InChI=1S/C24H30N6O2S2/c1-2-29-22(28-12-14-32-15-13-28)26-27-24(29)33-17-21(31)30(16-18-8-4-3-5-9-18)23-25-19-10-6-7-11-20(19)34-23/h3-5,8-9H,2,6-7,10-17H2,1H3. The molecule has 34 heavy (non-hydrogen) atoms. The van der Waals surface area contributed by atoms with Crippen LogP contribution in [0.5, 0.6) is 0 Å². The molecule has 1 fully saturated rings. The minimum absolute atomic E-state index is 0.0403. The first-order valence-electron chi connectivity index (χ1n) is 11.9. The van der Waals surface area contributed by atoms with Gasteiger partial charge < -0.3 is 9.64 Å². The first kappa shape index (κ1) is 23.3. The molecular weight excluding hydrogens is 468 g/mol. The molecule has 3 heterocycles. The molecule has 1 saturated heterocycles. The number of fused-ring (bicyclic) bond motifs is 1.